The van der Waals surface area contributed by atoms with Gasteiger partial charge in [0.2, 0.25) is 5.91 Å². The highest BCUT2D eigenvalue weighted by Crippen LogP contribution is 2.30. The molecule has 0 bridgehead atoms. The molecule has 0 atom stereocenters. The fraction of sp³-hybridized carbons (Fsp3) is 0.0294. The fourth-order valence-electron chi connectivity index (χ4n) is 4.67. The summed E-state index contributed by atoms with van der Waals surface area (Å²) >= 11 is 4.59. The van der Waals surface area contributed by atoms with E-state index >= 15 is 0 Å². The maximum atomic E-state index is 13.4. The summed E-state index contributed by atoms with van der Waals surface area (Å²) in [7, 11) is 0. The van der Waals surface area contributed by atoms with Crippen LogP contribution >= 0.6 is 27.7 Å². The van der Waals surface area contributed by atoms with Crippen molar-refractivity contribution in [2.24, 2.45) is 4.99 Å². The summed E-state index contributed by atoms with van der Waals surface area (Å²) in [5, 5.41) is 13.6. The number of hydrogen-bond acceptors (Lipinski definition) is 6. The van der Waals surface area contributed by atoms with E-state index in [4.69, 9.17) is 0 Å². The highest BCUT2D eigenvalue weighted by atomic mass is 79.9. The van der Waals surface area contributed by atoms with Gasteiger partial charge in [0.1, 0.15) is 5.70 Å². The number of carbonyl (C=O) groups excluding carboxylic acids is 2. The predicted molar refractivity (Wildman–Crippen MR) is 179 cm³/mol. The molecule has 5 aromatic rings. The monoisotopic (exact) mass is 662 g/mol. The van der Waals surface area contributed by atoms with E-state index < -0.39 is 5.97 Å². The standard InChI is InChI=1S/C34H23BrN4O4S/c35-23-14-10-21(11-15-23)18-30-32(41)39(25-6-2-1-3-7-25)34(38-30)44-20-31(40)36-24-16-12-22(13-17-24)29-19-27(33(42)43)26-8-4-5-9-28(26)37-29/h1-19H,20H2,(H,36,40)(H,42,43)/b30-18-. The third-order valence-electron chi connectivity index (χ3n) is 6.76. The molecule has 1 aliphatic rings. The van der Waals surface area contributed by atoms with Crippen LogP contribution in [0.2, 0.25) is 0 Å². The number of halogens is 1. The minimum atomic E-state index is -1.03. The van der Waals surface area contributed by atoms with E-state index in [2.05, 4.69) is 31.2 Å². The number of nitrogens with zero attached hydrogens (tertiary/aromatic N) is 3. The normalized spacial score (nSPS) is 13.8. The predicted octanol–water partition coefficient (Wildman–Crippen LogP) is 7.48. The average Bonchev–Trinajstić information content (AvgIpc) is 3.35. The SMILES string of the molecule is O=C(CSC1=N/C(=C\c2ccc(Br)cc2)C(=O)N1c1ccccc1)Nc1ccc(-c2cc(C(=O)O)c3ccccc3n2)cc1. The molecular weight excluding hydrogens is 640 g/mol. The van der Waals surface area contributed by atoms with Gasteiger partial charge in [0, 0.05) is 21.1 Å². The van der Waals surface area contributed by atoms with E-state index in [-0.39, 0.29) is 28.8 Å². The van der Waals surface area contributed by atoms with Crippen LogP contribution in [0, 0.1) is 0 Å². The number of fused-ring (bicyclic) bond motifs is 1. The molecule has 0 spiro atoms. The number of hydrogen-bond donors (Lipinski definition) is 2. The van der Waals surface area contributed by atoms with Crippen LogP contribution in [0.1, 0.15) is 15.9 Å². The van der Waals surface area contributed by atoms with Gasteiger partial charge in [-0.3, -0.25) is 14.5 Å². The van der Waals surface area contributed by atoms with Gasteiger partial charge >= 0.3 is 5.97 Å². The lowest BCUT2D eigenvalue weighted by Crippen LogP contribution is -2.31. The van der Waals surface area contributed by atoms with E-state index in [1.807, 2.05) is 60.7 Å². The zero-order chi connectivity index (χ0) is 30.6. The lowest BCUT2D eigenvalue weighted by Gasteiger charge is -2.17. The van der Waals surface area contributed by atoms with Crippen LogP contribution in [0.5, 0.6) is 0 Å². The Kier molecular flexibility index (Phi) is 8.36. The molecule has 216 valence electrons. The molecule has 2 heterocycles. The Morgan fingerprint density at radius 2 is 1.61 bits per heavy atom. The molecule has 0 aliphatic carbocycles. The smallest absolute Gasteiger partial charge is 0.336 e. The third-order valence-corrected chi connectivity index (χ3v) is 8.23. The highest BCUT2D eigenvalue weighted by molar-refractivity contribution is 9.10. The summed E-state index contributed by atoms with van der Waals surface area (Å²) in [6.45, 7) is 0. The Bertz CT molecular complexity index is 1960. The molecule has 1 aliphatic heterocycles. The molecule has 1 aromatic heterocycles. The summed E-state index contributed by atoms with van der Waals surface area (Å²) in [6.07, 6.45) is 1.73. The maximum absolute atomic E-state index is 13.4. The van der Waals surface area contributed by atoms with Gasteiger partial charge in [-0.05, 0) is 60.2 Å². The second-order valence-corrected chi connectivity index (χ2v) is 11.6. The average molecular weight is 664 g/mol. The number of amides is 2. The number of carbonyl (C=O) groups is 3. The molecular formula is C34H23BrN4O4S. The van der Waals surface area contributed by atoms with Crippen LogP contribution in [0.4, 0.5) is 11.4 Å². The van der Waals surface area contributed by atoms with Crippen molar-refractivity contribution in [2.75, 3.05) is 16.0 Å². The number of carboxylic acid groups (broad SMARTS) is 1. The van der Waals surface area contributed by atoms with Crippen LogP contribution in [-0.2, 0) is 9.59 Å². The van der Waals surface area contributed by atoms with Crippen molar-refractivity contribution in [1.82, 2.24) is 4.98 Å². The molecule has 10 heteroatoms. The van der Waals surface area contributed by atoms with Crippen molar-refractivity contribution < 1.29 is 19.5 Å². The Labute approximate surface area is 265 Å². The van der Waals surface area contributed by atoms with Crippen LogP contribution in [-0.4, -0.2) is 38.8 Å². The first-order valence-corrected chi connectivity index (χ1v) is 15.3. The van der Waals surface area contributed by atoms with Gasteiger partial charge < -0.3 is 10.4 Å². The molecule has 8 nitrogen and oxygen atoms in total. The van der Waals surface area contributed by atoms with E-state index in [0.717, 1.165) is 10.0 Å². The van der Waals surface area contributed by atoms with E-state index in [0.29, 0.717) is 38.7 Å². The first-order chi connectivity index (χ1) is 21.4. The number of para-hydroxylation sites is 2. The quantitative estimate of drug-likeness (QED) is 0.175. The number of aromatic nitrogens is 1. The number of carboxylic acids is 1. The van der Waals surface area contributed by atoms with E-state index in [1.165, 1.54) is 16.7 Å². The second kappa shape index (κ2) is 12.7. The number of benzene rings is 4. The van der Waals surface area contributed by atoms with Crippen LogP contribution < -0.4 is 10.2 Å². The summed E-state index contributed by atoms with van der Waals surface area (Å²) < 4.78 is 0.932. The number of anilines is 2. The van der Waals surface area contributed by atoms with Crippen LogP contribution in [0.25, 0.3) is 28.2 Å². The third kappa shape index (κ3) is 6.31. The second-order valence-electron chi connectivity index (χ2n) is 9.74. The Morgan fingerprint density at radius 3 is 2.34 bits per heavy atom. The summed E-state index contributed by atoms with van der Waals surface area (Å²) in [5.74, 6) is -1.54. The first kappa shape index (κ1) is 29.0. The van der Waals surface area contributed by atoms with Crippen molar-refractivity contribution in [3.05, 3.63) is 130 Å². The van der Waals surface area contributed by atoms with Crippen LogP contribution in [0.15, 0.2) is 124 Å². The summed E-state index contributed by atoms with van der Waals surface area (Å²) in [4.78, 5) is 48.9. The maximum Gasteiger partial charge on any atom is 0.336 e. The molecule has 2 amide bonds. The molecule has 0 saturated heterocycles. The summed E-state index contributed by atoms with van der Waals surface area (Å²) in [6, 6.07) is 32.4. The van der Waals surface area contributed by atoms with Gasteiger partial charge in [-0.2, -0.15) is 0 Å². The number of pyridine rings is 1. The Morgan fingerprint density at radius 1 is 0.909 bits per heavy atom. The molecule has 6 rings (SSSR count). The Balaban J connectivity index is 1.17. The molecule has 0 fully saturated rings. The molecule has 2 N–H and O–H groups in total. The van der Waals surface area contributed by atoms with E-state index in [1.54, 1.807) is 54.6 Å². The molecule has 0 saturated carbocycles. The zero-order valence-corrected chi connectivity index (χ0v) is 25.4. The number of thioether (sulfide) groups is 1. The van der Waals surface area contributed by atoms with Crippen LogP contribution in [0.3, 0.4) is 0 Å². The van der Waals surface area contributed by atoms with Gasteiger partial charge in [0.15, 0.2) is 5.17 Å². The number of rotatable bonds is 7. The minimum Gasteiger partial charge on any atom is -0.478 e. The Hall–Kier alpha value is -5.06. The van der Waals surface area contributed by atoms with Crippen molar-refractivity contribution in [2.45, 2.75) is 0 Å². The van der Waals surface area contributed by atoms with Crippen molar-refractivity contribution >= 4 is 79.0 Å². The van der Waals surface area contributed by atoms with Gasteiger partial charge in [0.25, 0.3) is 5.91 Å². The van der Waals surface area contributed by atoms with Crippen molar-refractivity contribution in [3.63, 3.8) is 0 Å². The van der Waals surface area contributed by atoms with E-state index in [9.17, 15) is 19.5 Å². The van der Waals surface area contributed by atoms with Gasteiger partial charge in [-0.15, -0.1) is 0 Å². The molecule has 4 aromatic carbocycles. The fourth-order valence-corrected chi connectivity index (χ4v) is 5.74. The number of aliphatic imine (C=N–C) groups is 1. The zero-order valence-electron chi connectivity index (χ0n) is 23.0. The first-order valence-electron chi connectivity index (χ1n) is 13.5. The van der Waals surface area contributed by atoms with Gasteiger partial charge in [0.05, 0.1) is 28.2 Å². The summed E-state index contributed by atoms with van der Waals surface area (Å²) in [5.41, 5.74) is 4.34. The largest absolute Gasteiger partial charge is 0.478 e. The number of nitrogens with one attached hydrogen (secondary N) is 1. The molecule has 0 radical (unpaired) electrons. The van der Waals surface area contributed by atoms with Gasteiger partial charge in [-0.25, -0.2) is 14.8 Å². The molecule has 0 unspecified atom stereocenters. The minimum absolute atomic E-state index is 0.0248. The highest BCUT2D eigenvalue weighted by Gasteiger charge is 2.32. The number of amidine groups is 1. The van der Waals surface area contributed by atoms with Gasteiger partial charge in [-0.1, -0.05) is 88.4 Å². The lowest BCUT2D eigenvalue weighted by molar-refractivity contribution is -0.114. The topological polar surface area (TPSA) is 112 Å². The number of aromatic carboxylic acids is 1. The molecule has 44 heavy (non-hydrogen) atoms. The lowest BCUT2D eigenvalue weighted by atomic mass is 10.0. The van der Waals surface area contributed by atoms with Crippen molar-refractivity contribution in [1.29, 1.82) is 0 Å². The van der Waals surface area contributed by atoms with Crippen molar-refractivity contribution in [3.8, 4) is 11.3 Å².